The minimum Gasteiger partial charge on any atom is -0.481 e. The summed E-state index contributed by atoms with van der Waals surface area (Å²) in [6.07, 6.45) is 3.54. The normalized spacial score (nSPS) is 12.0. The summed E-state index contributed by atoms with van der Waals surface area (Å²) >= 11 is 5.80. The molecule has 7 nitrogen and oxygen atoms in total. The monoisotopic (exact) mass is 499 g/mol. The Bertz CT molecular complexity index is 1280. The molecule has 0 aliphatic rings. The molecule has 35 heavy (non-hydrogen) atoms. The highest BCUT2D eigenvalue weighted by atomic mass is 35.5. The number of unbranched alkanes of at least 4 members (excludes halogenated alkanes) is 1. The number of rotatable bonds is 12. The van der Waals surface area contributed by atoms with Gasteiger partial charge in [0.05, 0.1) is 17.2 Å². The van der Waals surface area contributed by atoms with Crippen molar-refractivity contribution in [3.05, 3.63) is 63.7 Å². The Morgan fingerprint density at radius 3 is 2.74 bits per heavy atom. The SMILES string of the molecule is C[C@H](CC(=O)O)CC(=O)c1c(CCCCOCc2ccc(F)c(Cl)c2)n(C)c2ncc(C#N)cc12. The van der Waals surface area contributed by atoms with Gasteiger partial charge in [-0.3, -0.25) is 9.59 Å². The van der Waals surface area contributed by atoms with Crippen LogP contribution in [0.25, 0.3) is 11.0 Å². The first-order valence-electron chi connectivity index (χ1n) is 11.3. The highest BCUT2D eigenvalue weighted by molar-refractivity contribution is 6.30. The first-order valence-corrected chi connectivity index (χ1v) is 11.7. The number of carboxylic acids is 1. The van der Waals surface area contributed by atoms with Crippen LogP contribution in [0.15, 0.2) is 30.5 Å². The van der Waals surface area contributed by atoms with Crippen LogP contribution in [-0.2, 0) is 29.6 Å². The number of aryl methyl sites for hydroxylation is 1. The fourth-order valence-electron chi connectivity index (χ4n) is 4.13. The van der Waals surface area contributed by atoms with E-state index in [2.05, 4.69) is 11.1 Å². The second-order valence-corrected chi connectivity index (χ2v) is 9.08. The molecule has 0 unspecified atom stereocenters. The summed E-state index contributed by atoms with van der Waals surface area (Å²) in [5.41, 5.74) is 3.06. The number of aromatic nitrogens is 2. The Hall–Kier alpha value is -3.28. The number of hydrogen-bond donors (Lipinski definition) is 1. The molecule has 1 atom stereocenters. The van der Waals surface area contributed by atoms with Gasteiger partial charge >= 0.3 is 5.97 Å². The van der Waals surface area contributed by atoms with Crippen LogP contribution < -0.4 is 0 Å². The van der Waals surface area contributed by atoms with E-state index < -0.39 is 11.8 Å². The maximum atomic E-state index is 13.3. The second-order valence-electron chi connectivity index (χ2n) is 8.68. The van der Waals surface area contributed by atoms with Gasteiger partial charge in [0.1, 0.15) is 17.5 Å². The van der Waals surface area contributed by atoms with Crippen molar-refractivity contribution in [2.75, 3.05) is 6.61 Å². The molecular formula is C26H27ClFN3O4. The van der Waals surface area contributed by atoms with Crippen LogP contribution in [0.4, 0.5) is 4.39 Å². The third-order valence-corrected chi connectivity index (χ3v) is 6.11. The van der Waals surface area contributed by atoms with Crippen LogP contribution in [0.3, 0.4) is 0 Å². The number of nitrogens with zero attached hydrogens (tertiary/aromatic N) is 3. The number of carboxylic acid groups (broad SMARTS) is 1. The summed E-state index contributed by atoms with van der Waals surface area (Å²) in [5.74, 6) is -1.88. The highest BCUT2D eigenvalue weighted by Crippen LogP contribution is 2.29. The quantitative estimate of drug-likeness (QED) is 0.262. The van der Waals surface area contributed by atoms with Crippen LogP contribution in [0, 0.1) is 23.1 Å². The number of hydrogen-bond acceptors (Lipinski definition) is 5. The molecule has 0 bridgehead atoms. The van der Waals surface area contributed by atoms with Gasteiger partial charge in [-0.15, -0.1) is 0 Å². The molecular weight excluding hydrogens is 473 g/mol. The zero-order chi connectivity index (χ0) is 25.5. The van der Waals surface area contributed by atoms with Crippen LogP contribution in [0.2, 0.25) is 5.02 Å². The number of aliphatic carboxylic acids is 1. The fraction of sp³-hybridized carbons (Fsp3) is 0.385. The molecule has 0 fully saturated rings. The van der Waals surface area contributed by atoms with Crippen molar-refractivity contribution >= 4 is 34.4 Å². The second kappa shape index (κ2) is 11.9. The number of Topliss-reactive ketones (excluding diaryl/α,β-unsaturated/α-hetero) is 1. The zero-order valence-corrected chi connectivity index (χ0v) is 20.4. The smallest absolute Gasteiger partial charge is 0.303 e. The maximum absolute atomic E-state index is 13.3. The molecule has 3 rings (SSSR count). The number of pyridine rings is 1. The summed E-state index contributed by atoms with van der Waals surface area (Å²) in [7, 11) is 1.84. The van der Waals surface area contributed by atoms with Crippen molar-refractivity contribution in [3.8, 4) is 6.07 Å². The maximum Gasteiger partial charge on any atom is 0.303 e. The topological polar surface area (TPSA) is 105 Å². The summed E-state index contributed by atoms with van der Waals surface area (Å²) in [5, 5.41) is 19.0. The van der Waals surface area contributed by atoms with E-state index in [1.165, 1.54) is 18.3 Å². The lowest BCUT2D eigenvalue weighted by Gasteiger charge is -2.11. The molecule has 2 aromatic heterocycles. The molecule has 9 heteroatoms. The molecule has 1 N–H and O–H groups in total. The number of fused-ring (bicyclic) bond motifs is 1. The Kier molecular flexibility index (Phi) is 8.96. The Morgan fingerprint density at radius 1 is 1.29 bits per heavy atom. The number of benzene rings is 1. The molecule has 184 valence electrons. The molecule has 0 spiro atoms. The average molecular weight is 500 g/mol. The van der Waals surface area contributed by atoms with Gasteiger partial charge in [-0.05, 0) is 48.9 Å². The van der Waals surface area contributed by atoms with Gasteiger partial charge in [-0.25, -0.2) is 9.37 Å². The van der Waals surface area contributed by atoms with Gasteiger partial charge in [-0.1, -0.05) is 24.6 Å². The van der Waals surface area contributed by atoms with Crippen molar-refractivity contribution in [1.29, 1.82) is 5.26 Å². The van der Waals surface area contributed by atoms with Crippen LogP contribution in [0.5, 0.6) is 0 Å². The predicted octanol–water partition coefficient (Wildman–Crippen LogP) is 5.46. The third-order valence-electron chi connectivity index (χ3n) is 5.82. The largest absolute Gasteiger partial charge is 0.481 e. The van der Waals surface area contributed by atoms with E-state index >= 15 is 0 Å². The molecule has 3 aromatic rings. The molecule has 2 heterocycles. The highest BCUT2D eigenvalue weighted by Gasteiger charge is 2.24. The minimum absolute atomic E-state index is 0.0601. The minimum atomic E-state index is -0.945. The van der Waals surface area contributed by atoms with Gasteiger partial charge in [0.25, 0.3) is 0 Å². The molecule has 0 amide bonds. The lowest BCUT2D eigenvalue weighted by Crippen LogP contribution is -2.12. The Balaban J connectivity index is 1.70. The fourth-order valence-corrected chi connectivity index (χ4v) is 4.33. The molecule has 1 aromatic carbocycles. The number of carbonyl (C=O) groups excluding carboxylic acids is 1. The standard InChI is InChI=1S/C26H27ClFN3O4/c1-16(10-24(33)34)9-23(32)25-19-11-18(13-29)14-30-26(19)31(2)22(25)5-3-4-8-35-15-17-6-7-21(28)20(27)12-17/h6-7,11-12,14,16H,3-5,8-10,15H2,1-2H3,(H,33,34)/t16-/m0/s1. The van der Waals surface area contributed by atoms with Gasteiger partial charge in [0.15, 0.2) is 5.78 Å². The van der Waals surface area contributed by atoms with Gasteiger partial charge in [0.2, 0.25) is 0 Å². The van der Waals surface area contributed by atoms with Gasteiger partial charge in [-0.2, -0.15) is 5.26 Å². The van der Waals surface area contributed by atoms with Crippen molar-refractivity contribution in [2.45, 2.75) is 45.6 Å². The number of ketones is 1. The van der Waals surface area contributed by atoms with Crippen molar-refractivity contribution in [2.24, 2.45) is 13.0 Å². The molecule has 0 saturated carbocycles. The van der Waals surface area contributed by atoms with Crippen molar-refractivity contribution < 1.29 is 23.8 Å². The van der Waals surface area contributed by atoms with E-state index in [4.69, 9.17) is 21.4 Å². The Labute approximate surface area is 208 Å². The van der Waals surface area contributed by atoms with Gasteiger partial charge < -0.3 is 14.4 Å². The third kappa shape index (κ3) is 6.65. The van der Waals surface area contributed by atoms with E-state index in [0.717, 1.165) is 24.1 Å². The van der Waals surface area contributed by atoms with Crippen molar-refractivity contribution in [1.82, 2.24) is 9.55 Å². The van der Waals surface area contributed by atoms with E-state index in [9.17, 15) is 19.2 Å². The van der Waals surface area contributed by atoms with E-state index in [1.54, 1.807) is 19.1 Å². The lowest BCUT2D eigenvalue weighted by molar-refractivity contribution is -0.137. The average Bonchev–Trinajstić information content (AvgIpc) is 3.08. The first kappa shape index (κ1) is 26.3. The first-order chi connectivity index (χ1) is 16.7. The predicted molar refractivity (Wildman–Crippen MR) is 130 cm³/mol. The van der Waals surface area contributed by atoms with Crippen LogP contribution >= 0.6 is 11.6 Å². The van der Waals surface area contributed by atoms with E-state index in [-0.39, 0.29) is 29.6 Å². The number of carbonyl (C=O) groups is 2. The lowest BCUT2D eigenvalue weighted by atomic mass is 9.94. The van der Waals surface area contributed by atoms with Crippen molar-refractivity contribution in [3.63, 3.8) is 0 Å². The zero-order valence-electron chi connectivity index (χ0n) is 19.7. The number of halogens is 2. The summed E-state index contributed by atoms with van der Waals surface area (Å²) in [4.78, 5) is 28.7. The Morgan fingerprint density at radius 2 is 2.06 bits per heavy atom. The molecule has 0 saturated heterocycles. The van der Waals surface area contributed by atoms with E-state index in [1.807, 2.05) is 11.6 Å². The summed E-state index contributed by atoms with van der Waals surface area (Å²) < 4.78 is 20.8. The molecule has 0 radical (unpaired) electrons. The van der Waals surface area contributed by atoms with Crippen LogP contribution in [0.1, 0.15) is 59.8 Å². The number of ether oxygens (including phenoxy) is 1. The van der Waals surface area contributed by atoms with Crippen LogP contribution in [-0.4, -0.2) is 33.0 Å². The molecule has 0 aliphatic heterocycles. The number of nitriles is 1. The summed E-state index contributed by atoms with van der Waals surface area (Å²) in [6.45, 7) is 2.54. The summed E-state index contributed by atoms with van der Waals surface area (Å²) in [6, 6.07) is 8.20. The van der Waals surface area contributed by atoms with E-state index in [0.29, 0.717) is 41.8 Å². The van der Waals surface area contributed by atoms with Gasteiger partial charge in [0, 0.05) is 49.3 Å². The molecule has 0 aliphatic carbocycles.